The van der Waals surface area contributed by atoms with Crippen molar-refractivity contribution >= 4 is 17.6 Å². The standard InChI is InChI=1S/C16H21NO4/c1-12-9-11-21-15(12)16(20)17(10-5-8-14(18)19)13-6-3-2-4-7-13/h2-4,6-7,12,15H,5,8-11H2,1H3,(H,18,19). The molecule has 1 N–H and O–H groups in total. The van der Waals surface area contributed by atoms with Gasteiger partial charge in [-0.15, -0.1) is 0 Å². The second kappa shape index (κ2) is 7.22. The van der Waals surface area contributed by atoms with E-state index in [1.54, 1.807) is 4.90 Å². The molecule has 1 saturated heterocycles. The number of carbonyl (C=O) groups excluding carboxylic acids is 1. The predicted molar refractivity (Wildman–Crippen MR) is 79.2 cm³/mol. The van der Waals surface area contributed by atoms with E-state index in [0.717, 1.165) is 12.1 Å². The van der Waals surface area contributed by atoms with Crippen LogP contribution in [0.1, 0.15) is 26.2 Å². The van der Waals surface area contributed by atoms with Crippen LogP contribution >= 0.6 is 0 Å². The monoisotopic (exact) mass is 291 g/mol. The van der Waals surface area contributed by atoms with E-state index in [4.69, 9.17) is 9.84 Å². The molecule has 0 bridgehead atoms. The molecule has 5 heteroatoms. The number of aliphatic carboxylic acids is 1. The van der Waals surface area contributed by atoms with Crippen molar-refractivity contribution in [2.45, 2.75) is 32.3 Å². The summed E-state index contributed by atoms with van der Waals surface area (Å²) < 4.78 is 5.55. The minimum absolute atomic E-state index is 0.0533. The summed E-state index contributed by atoms with van der Waals surface area (Å²) in [6, 6.07) is 9.34. The highest BCUT2D eigenvalue weighted by Crippen LogP contribution is 2.25. The van der Waals surface area contributed by atoms with E-state index in [2.05, 4.69) is 0 Å². The Kier molecular flexibility index (Phi) is 5.33. The summed E-state index contributed by atoms with van der Waals surface area (Å²) in [5.74, 6) is -0.722. The molecule has 1 heterocycles. The lowest BCUT2D eigenvalue weighted by molar-refractivity contribution is -0.137. The number of carboxylic acids is 1. The summed E-state index contributed by atoms with van der Waals surface area (Å²) in [6.45, 7) is 3.01. The zero-order valence-corrected chi connectivity index (χ0v) is 12.2. The third kappa shape index (κ3) is 4.04. The van der Waals surface area contributed by atoms with Gasteiger partial charge < -0.3 is 14.7 Å². The quantitative estimate of drug-likeness (QED) is 0.873. The smallest absolute Gasteiger partial charge is 0.303 e. The molecule has 0 saturated carbocycles. The predicted octanol–water partition coefficient (Wildman–Crippen LogP) is 2.31. The SMILES string of the molecule is CC1CCOC1C(=O)N(CCCC(=O)O)c1ccccc1. The van der Waals surface area contributed by atoms with E-state index in [0.29, 0.717) is 19.6 Å². The molecule has 5 nitrogen and oxygen atoms in total. The van der Waals surface area contributed by atoms with Gasteiger partial charge in [0.1, 0.15) is 6.10 Å². The van der Waals surface area contributed by atoms with Crippen LogP contribution in [0.25, 0.3) is 0 Å². The van der Waals surface area contributed by atoms with Crippen molar-refractivity contribution in [2.24, 2.45) is 5.92 Å². The fourth-order valence-electron chi connectivity index (χ4n) is 2.53. The second-order valence-corrected chi connectivity index (χ2v) is 5.38. The van der Waals surface area contributed by atoms with Gasteiger partial charge in [-0.1, -0.05) is 25.1 Å². The first-order valence-corrected chi connectivity index (χ1v) is 7.29. The van der Waals surface area contributed by atoms with Crippen LogP contribution in [0.4, 0.5) is 5.69 Å². The van der Waals surface area contributed by atoms with Crippen molar-refractivity contribution in [2.75, 3.05) is 18.1 Å². The molecule has 1 aromatic carbocycles. The first kappa shape index (κ1) is 15.5. The summed E-state index contributed by atoms with van der Waals surface area (Å²) in [4.78, 5) is 25.0. The Labute approximate surface area is 124 Å². The van der Waals surface area contributed by atoms with Crippen LogP contribution < -0.4 is 4.90 Å². The first-order valence-electron chi connectivity index (χ1n) is 7.29. The highest BCUT2D eigenvalue weighted by Gasteiger charge is 2.34. The van der Waals surface area contributed by atoms with Gasteiger partial charge in [0.2, 0.25) is 0 Å². The van der Waals surface area contributed by atoms with Crippen molar-refractivity contribution in [3.8, 4) is 0 Å². The van der Waals surface area contributed by atoms with E-state index in [1.165, 1.54) is 0 Å². The van der Waals surface area contributed by atoms with Crippen LogP contribution in [0.15, 0.2) is 30.3 Å². The van der Waals surface area contributed by atoms with E-state index in [9.17, 15) is 9.59 Å². The normalized spacial score (nSPS) is 21.2. The van der Waals surface area contributed by atoms with Crippen molar-refractivity contribution in [1.82, 2.24) is 0 Å². The summed E-state index contributed by atoms with van der Waals surface area (Å²) in [6.07, 6.45) is 0.943. The van der Waals surface area contributed by atoms with Crippen molar-refractivity contribution in [3.05, 3.63) is 30.3 Å². The average Bonchev–Trinajstić information content (AvgIpc) is 2.90. The fourth-order valence-corrected chi connectivity index (χ4v) is 2.53. The lowest BCUT2D eigenvalue weighted by atomic mass is 10.0. The molecule has 2 atom stereocenters. The van der Waals surface area contributed by atoms with Crippen LogP contribution in [-0.2, 0) is 14.3 Å². The van der Waals surface area contributed by atoms with Gasteiger partial charge in [0.15, 0.2) is 0 Å². The molecule has 1 amide bonds. The van der Waals surface area contributed by atoms with Crippen LogP contribution in [0.5, 0.6) is 0 Å². The van der Waals surface area contributed by atoms with Gasteiger partial charge >= 0.3 is 5.97 Å². The maximum Gasteiger partial charge on any atom is 0.303 e. The summed E-state index contributed by atoms with van der Waals surface area (Å²) in [5.41, 5.74) is 0.788. The Hall–Kier alpha value is -1.88. The number of rotatable bonds is 6. The van der Waals surface area contributed by atoms with E-state index < -0.39 is 12.1 Å². The molecule has 2 rings (SSSR count). The molecule has 21 heavy (non-hydrogen) atoms. The number of hydrogen-bond acceptors (Lipinski definition) is 3. The molecule has 0 radical (unpaired) electrons. The van der Waals surface area contributed by atoms with Crippen molar-refractivity contribution in [3.63, 3.8) is 0 Å². The van der Waals surface area contributed by atoms with E-state index in [-0.39, 0.29) is 18.2 Å². The molecule has 0 aliphatic carbocycles. The fraction of sp³-hybridized carbons (Fsp3) is 0.500. The van der Waals surface area contributed by atoms with Crippen LogP contribution in [0.2, 0.25) is 0 Å². The van der Waals surface area contributed by atoms with Gasteiger partial charge in [-0.2, -0.15) is 0 Å². The number of ether oxygens (including phenoxy) is 1. The molecule has 0 spiro atoms. The Morgan fingerprint density at radius 3 is 2.62 bits per heavy atom. The highest BCUT2D eigenvalue weighted by atomic mass is 16.5. The maximum atomic E-state index is 12.7. The molecular weight excluding hydrogens is 270 g/mol. The summed E-state index contributed by atoms with van der Waals surface area (Å²) in [5, 5.41) is 8.76. The molecule has 1 aliphatic heterocycles. The summed E-state index contributed by atoms with van der Waals surface area (Å²) in [7, 11) is 0. The first-order chi connectivity index (χ1) is 10.1. The van der Waals surface area contributed by atoms with Crippen LogP contribution in [0.3, 0.4) is 0 Å². The van der Waals surface area contributed by atoms with Gasteiger partial charge in [-0.25, -0.2) is 0 Å². The number of benzene rings is 1. The number of carbonyl (C=O) groups is 2. The molecule has 1 fully saturated rings. The summed E-state index contributed by atoms with van der Waals surface area (Å²) >= 11 is 0. The molecule has 1 aliphatic rings. The topological polar surface area (TPSA) is 66.8 Å². The van der Waals surface area contributed by atoms with Crippen LogP contribution in [-0.4, -0.2) is 36.2 Å². The average molecular weight is 291 g/mol. The van der Waals surface area contributed by atoms with Crippen LogP contribution in [0, 0.1) is 5.92 Å². The third-order valence-corrected chi connectivity index (χ3v) is 3.74. The van der Waals surface area contributed by atoms with Gasteiger partial charge in [0.25, 0.3) is 5.91 Å². The number of para-hydroxylation sites is 1. The Morgan fingerprint density at radius 1 is 1.33 bits per heavy atom. The molecule has 0 aromatic heterocycles. The zero-order valence-electron chi connectivity index (χ0n) is 12.2. The van der Waals surface area contributed by atoms with Gasteiger partial charge in [0, 0.05) is 25.3 Å². The lowest BCUT2D eigenvalue weighted by Gasteiger charge is -2.26. The number of nitrogens with zero attached hydrogens (tertiary/aromatic N) is 1. The Morgan fingerprint density at radius 2 is 2.05 bits per heavy atom. The molecule has 2 unspecified atom stereocenters. The van der Waals surface area contributed by atoms with E-state index in [1.807, 2.05) is 37.3 Å². The molecule has 1 aromatic rings. The number of hydrogen-bond donors (Lipinski definition) is 1. The Bertz CT molecular complexity index is 488. The minimum Gasteiger partial charge on any atom is -0.481 e. The number of carboxylic acid groups (broad SMARTS) is 1. The molecule has 114 valence electrons. The van der Waals surface area contributed by atoms with Gasteiger partial charge in [-0.3, -0.25) is 9.59 Å². The zero-order chi connectivity index (χ0) is 15.2. The number of amides is 1. The van der Waals surface area contributed by atoms with Gasteiger partial charge in [-0.05, 0) is 30.9 Å². The Balaban J connectivity index is 2.11. The minimum atomic E-state index is -0.846. The lowest BCUT2D eigenvalue weighted by Crippen LogP contribution is -2.42. The number of anilines is 1. The van der Waals surface area contributed by atoms with Gasteiger partial charge in [0.05, 0.1) is 0 Å². The van der Waals surface area contributed by atoms with Crippen molar-refractivity contribution in [1.29, 1.82) is 0 Å². The largest absolute Gasteiger partial charge is 0.481 e. The highest BCUT2D eigenvalue weighted by molar-refractivity contribution is 5.96. The maximum absolute atomic E-state index is 12.7. The van der Waals surface area contributed by atoms with Crippen molar-refractivity contribution < 1.29 is 19.4 Å². The third-order valence-electron chi connectivity index (χ3n) is 3.74. The second-order valence-electron chi connectivity index (χ2n) is 5.38. The molecular formula is C16H21NO4. The van der Waals surface area contributed by atoms with E-state index >= 15 is 0 Å².